The zero-order chi connectivity index (χ0) is 14.9. The zero-order valence-corrected chi connectivity index (χ0v) is 14.1. The fourth-order valence-electron chi connectivity index (χ4n) is 2.27. The molecule has 21 heavy (non-hydrogen) atoms. The van der Waals surface area contributed by atoms with Crippen molar-refractivity contribution in [2.45, 2.75) is 25.9 Å². The molecule has 2 rings (SSSR count). The molecule has 116 valence electrons. The quantitative estimate of drug-likeness (QED) is 0.634. The molecule has 2 unspecified atom stereocenters. The largest absolute Gasteiger partial charge is 0.333 e. The number of nitrogens with one attached hydrogen (secondary N) is 1. The molecule has 1 aromatic carbocycles. The number of nitrogens with zero attached hydrogens (tertiary/aromatic N) is 2. The molecule has 1 heterocycles. The highest BCUT2D eigenvalue weighted by Crippen LogP contribution is 2.23. The number of hydrogen-bond donors (Lipinski definition) is 1. The van der Waals surface area contributed by atoms with E-state index in [1.807, 2.05) is 13.8 Å². The second-order valence-corrected chi connectivity index (χ2v) is 5.99. The molecule has 2 atom stereocenters. The Morgan fingerprint density at radius 2 is 2.10 bits per heavy atom. The molecule has 1 amide bonds. The van der Waals surface area contributed by atoms with Gasteiger partial charge in [0.25, 0.3) is 11.6 Å². The first-order valence-corrected chi connectivity index (χ1v) is 7.17. The van der Waals surface area contributed by atoms with Crippen molar-refractivity contribution in [3.8, 4) is 0 Å². The van der Waals surface area contributed by atoms with Gasteiger partial charge in [-0.2, -0.15) is 0 Å². The molecule has 1 aliphatic rings. The number of piperazine rings is 1. The standard InChI is InChI=1S/C13H16BrN3O3.ClH/c1-8-7-16(9(2)6-15-8)13(18)10-3-11(14)5-12(4-10)17(19)20;/h3-5,8-9,15H,6-7H2,1-2H3;1H. The van der Waals surface area contributed by atoms with Crippen molar-refractivity contribution in [1.82, 2.24) is 10.2 Å². The van der Waals surface area contributed by atoms with E-state index in [1.54, 1.807) is 11.0 Å². The number of nitro groups is 1. The summed E-state index contributed by atoms with van der Waals surface area (Å²) in [6.45, 7) is 5.29. The Balaban J connectivity index is 0.00000220. The van der Waals surface area contributed by atoms with E-state index in [-0.39, 0.29) is 36.1 Å². The lowest BCUT2D eigenvalue weighted by atomic mass is 10.1. The van der Waals surface area contributed by atoms with Crippen molar-refractivity contribution in [2.75, 3.05) is 13.1 Å². The molecule has 0 aromatic heterocycles. The van der Waals surface area contributed by atoms with Crippen molar-refractivity contribution in [2.24, 2.45) is 0 Å². The van der Waals surface area contributed by atoms with E-state index in [0.29, 0.717) is 16.6 Å². The molecule has 1 N–H and O–H groups in total. The van der Waals surface area contributed by atoms with Gasteiger partial charge < -0.3 is 10.2 Å². The number of rotatable bonds is 2. The molecule has 1 fully saturated rings. The van der Waals surface area contributed by atoms with Crippen molar-refractivity contribution in [3.63, 3.8) is 0 Å². The maximum atomic E-state index is 12.5. The van der Waals surface area contributed by atoms with Crippen LogP contribution in [0.4, 0.5) is 5.69 Å². The number of hydrogen-bond acceptors (Lipinski definition) is 4. The highest BCUT2D eigenvalue weighted by Gasteiger charge is 2.28. The molecular weight excluding hydrogens is 362 g/mol. The van der Waals surface area contributed by atoms with Gasteiger partial charge in [0.05, 0.1) is 4.92 Å². The summed E-state index contributed by atoms with van der Waals surface area (Å²) in [5.74, 6) is -0.171. The molecule has 0 radical (unpaired) electrons. The summed E-state index contributed by atoms with van der Waals surface area (Å²) in [4.78, 5) is 24.7. The lowest BCUT2D eigenvalue weighted by Crippen LogP contribution is -2.56. The Labute approximate surface area is 137 Å². The lowest BCUT2D eigenvalue weighted by Gasteiger charge is -2.37. The first-order valence-electron chi connectivity index (χ1n) is 6.38. The van der Waals surface area contributed by atoms with E-state index in [2.05, 4.69) is 21.2 Å². The summed E-state index contributed by atoms with van der Waals surface area (Å²) >= 11 is 3.21. The van der Waals surface area contributed by atoms with Gasteiger partial charge in [0.15, 0.2) is 0 Å². The van der Waals surface area contributed by atoms with Crippen LogP contribution >= 0.6 is 28.3 Å². The van der Waals surface area contributed by atoms with Crippen LogP contribution in [0.15, 0.2) is 22.7 Å². The predicted octanol–water partition coefficient (Wildman–Crippen LogP) is 2.60. The van der Waals surface area contributed by atoms with Crippen LogP contribution in [0.3, 0.4) is 0 Å². The number of carbonyl (C=O) groups excluding carboxylic acids is 1. The van der Waals surface area contributed by atoms with E-state index >= 15 is 0 Å². The van der Waals surface area contributed by atoms with Gasteiger partial charge >= 0.3 is 0 Å². The molecule has 1 aromatic rings. The summed E-state index contributed by atoms with van der Waals surface area (Å²) in [6, 6.07) is 4.62. The summed E-state index contributed by atoms with van der Waals surface area (Å²) < 4.78 is 0.533. The van der Waals surface area contributed by atoms with Crippen molar-refractivity contribution < 1.29 is 9.72 Å². The average Bonchev–Trinajstić information content (AvgIpc) is 2.40. The van der Waals surface area contributed by atoms with Crippen LogP contribution in [0.25, 0.3) is 0 Å². The summed E-state index contributed by atoms with van der Waals surface area (Å²) in [5.41, 5.74) is 0.255. The number of amides is 1. The Hall–Kier alpha value is -1.18. The number of non-ortho nitro benzene ring substituents is 1. The van der Waals surface area contributed by atoms with E-state index in [9.17, 15) is 14.9 Å². The molecule has 8 heteroatoms. The van der Waals surface area contributed by atoms with Gasteiger partial charge in [-0.3, -0.25) is 14.9 Å². The first kappa shape index (κ1) is 17.9. The van der Waals surface area contributed by atoms with Crippen molar-refractivity contribution in [1.29, 1.82) is 0 Å². The van der Waals surface area contributed by atoms with E-state index < -0.39 is 4.92 Å². The van der Waals surface area contributed by atoms with Gasteiger partial charge in [-0.15, -0.1) is 12.4 Å². The monoisotopic (exact) mass is 377 g/mol. The molecule has 0 bridgehead atoms. The molecule has 6 nitrogen and oxygen atoms in total. The number of halogens is 2. The molecule has 0 spiro atoms. The summed E-state index contributed by atoms with van der Waals surface area (Å²) in [6.07, 6.45) is 0. The Bertz CT molecular complexity index is 555. The van der Waals surface area contributed by atoms with Crippen LogP contribution in [-0.4, -0.2) is 40.9 Å². The third kappa shape index (κ3) is 4.15. The molecule has 0 aliphatic carbocycles. The number of nitro benzene ring substituents is 1. The minimum absolute atomic E-state index is 0. The van der Waals surface area contributed by atoms with Crippen molar-refractivity contribution >= 4 is 39.9 Å². The van der Waals surface area contributed by atoms with Crippen LogP contribution in [-0.2, 0) is 0 Å². The Morgan fingerprint density at radius 3 is 2.71 bits per heavy atom. The van der Waals surface area contributed by atoms with Gasteiger partial charge in [-0.1, -0.05) is 15.9 Å². The maximum absolute atomic E-state index is 12.5. The van der Waals surface area contributed by atoms with Gasteiger partial charge in [0, 0.05) is 47.3 Å². The fourth-order valence-corrected chi connectivity index (χ4v) is 2.75. The van der Waals surface area contributed by atoms with Gasteiger partial charge in [-0.05, 0) is 19.9 Å². The first-order chi connectivity index (χ1) is 9.38. The Kier molecular flexibility index (Phi) is 6.12. The van der Waals surface area contributed by atoms with E-state index in [1.165, 1.54) is 12.1 Å². The Morgan fingerprint density at radius 1 is 1.43 bits per heavy atom. The van der Waals surface area contributed by atoms with Crippen molar-refractivity contribution in [3.05, 3.63) is 38.3 Å². The van der Waals surface area contributed by atoms with E-state index in [4.69, 9.17) is 0 Å². The third-order valence-electron chi connectivity index (χ3n) is 3.37. The summed E-state index contributed by atoms with van der Waals surface area (Å²) in [7, 11) is 0. The summed E-state index contributed by atoms with van der Waals surface area (Å²) in [5, 5.41) is 14.2. The van der Waals surface area contributed by atoms with Crippen LogP contribution in [0.5, 0.6) is 0 Å². The average molecular weight is 379 g/mol. The van der Waals surface area contributed by atoms with Crippen LogP contribution in [0.1, 0.15) is 24.2 Å². The minimum Gasteiger partial charge on any atom is -0.333 e. The van der Waals surface area contributed by atoms with Gasteiger partial charge in [0.1, 0.15) is 0 Å². The SMILES string of the molecule is CC1CN(C(=O)c2cc(Br)cc([N+](=O)[O-])c2)C(C)CN1.Cl. The maximum Gasteiger partial charge on any atom is 0.271 e. The van der Waals surface area contributed by atoms with Crippen LogP contribution in [0, 0.1) is 10.1 Å². The molecule has 1 saturated heterocycles. The highest BCUT2D eigenvalue weighted by molar-refractivity contribution is 9.10. The third-order valence-corrected chi connectivity index (χ3v) is 3.82. The number of carbonyl (C=O) groups is 1. The van der Waals surface area contributed by atoms with E-state index in [0.717, 1.165) is 6.54 Å². The molecule has 1 aliphatic heterocycles. The van der Waals surface area contributed by atoms with Crippen LogP contribution < -0.4 is 5.32 Å². The van der Waals surface area contributed by atoms with Gasteiger partial charge in [-0.25, -0.2) is 0 Å². The lowest BCUT2D eigenvalue weighted by molar-refractivity contribution is -0.385. The smallest absolute Gasteiger partial charge is 0.271 e. The normalized spacial score (nSPS) is 21.6. The highest BCUT2D eigenvalue weighted by atomic mass is 79.9. The van der Waals surface area contributed by atoms with Crippen LogP contribution in [0.2, 0.25) is 0 Å². The predicted molar refractivity (Wildman–Crippen MR) is 86.0 cm³/mol. The second-order valence-electron chi connectivity index (χ2n) is 5.07. The second kappa shape index (κ2) is 7.20. The van der Waals surface area contributed by atoms with Gasteiger partial charge in [0.2, 0.25) is 0 Å². The topological polar surface area (TPSA) is 75.5 Å². The molecule has 0 saturated carbocycles. The fraction of sp³-hybridized carbons (Fsp3) is 0.462. The number of benzene rings is 1. The molecular formula is C13H17BrClN3O3. The zero-order valence-electron chi connectivity index (χ0n) is 11.7. The minimum atomic E-state index is -0.495.